The molecule has 112 valence electrons. The average Bonchev–Trinajstić information content (AvgIpc) is 3.22. The standard InChI is InChI=1S/C18H13N3O2/c22-16(8-13-4-2-1-3-5-13)14-9-17(23-12-14)15-10-20-18-11-19-6-7-21(15)18/h1-7,9-12H,8H2. The summed E-state index contributed by atoms with van der Waals surface area (Å²) in [5, 5.41) is 0. The Balaban J connectivity index is 1.63. The van der Waals surface area contributed by atoms with Crippen molar-refractivity contribution in [2.75, 3.05) is 0 Å². The van der Waals surface area contributed by atoms with Gasteiger partial charge in [-0.15, -0.1) is 0 Å². The zero-order chi connectivity index (χ0) is 15.6. The third-order valence-electron chi connectivity index (χ3n) is 3.70. The zero-order valence-corrected chi connectivity index (χ0v) is 12.2. The minimum Gasteiger partial charge on any atom is -0.462 e. The second-order valence-electron chi connectivity index (χ2n) is 5.23. The predicted molar refractivity (Wildman–Crippen MR) is 85.2 cm³/mol. The number of fused-ring (bicyclic) bond motifs is 1. The average molecular weight is 303 g/mol. The Morgan fingerprint density at radius 2 is 2.04 bits per heavy atom. The molecule has 1 aromatic carbocycles. The van der Waals surface area contributed by atoms with Gasteiger partial charge in [-0.05, 0) is 11.6 Å². The molecule has 0 fully saturated rings. The summed E-state index contributed by atoms with van der Waals surface area (Å²) in [5.41, 5.74) is 3.08. The number of imidazole rings is 1. The maximum atomic E-state index is 12.4. The first-order valence-electron chi connectivity index (χ1n) is 7.24. The zero-order valence-electron chi connectivity index (χ0n) is 12.2. The molecular weight excluding hydrogens is 290 g/mol. The van der Waals surface area contributed by atoms with Gasteiger partial charge in [-0.25, -0.2) is 4.98 Å². The highest BCUT2D eigenvalue weighted by Crippen LogP contribution is 2.23. The van der Waals surface area contributed by atoms with E-state index in [9.17, 15) is 4.79 Å². The topological polar surface area (TPSA) is 60.4 Å². The fourth-order valence-corrected chi connectivity index (χ4v) is 2.52. The number of carbonyl (C=O) groups excluding carboxylic acids is 1. The molecule has 0 bridgehead atoms. The quantitative estimate of drug-likeness (QED) is 0.542. The Kier molecular flexibility index (Phi) is 3.24. The van der Waals surface area contributed by atoms with E-state index in [1.54, 1.807) is 24.7 Å². The maximum Gasteiger partial charge on any atom is 0.170 e. The van der Waals surface area contributed by atoms with Gasteiger partial charge in [0.1, 0.15) is 12.0 Å². The van der Waals surface area contributed by atoms with E-state index in [0.29, 0.717) is 17.7 Å². The summed E-state index contributed by atoms with van der Waals surface area (Å²) < 4.78 is 7.45. The first kappa shape index (κ1) is 13.5. The molecule has 3 aromatic heterocycles. The van der Waals surface area contributed by atoms with Crippen LogP contribution in [0.5, 0.6) is 0 Å². The van der Waals surface area contributed by atoms with Crippen molar-refractivity contribution in [1.82, 2.24) is 14.4 Å². The normalized spacial score (nSPS) is 11.0. The lowest BCUT2D eigenvalue weighted by Crippen LogP contribution is -2.01. The Morgan fingerprint density at radius 1 is 1.17 bits per heavy atom. The van der Waals surface area contributed by atoms with Gasteiger partial charge in [-0.1, -0.05) is 30.3 Å². The molecule has 5 heteroatoms. The number of hydrogen-bond acceptors (Lipinski definition) is 4. The van der Waals surface area contributed by atoms with Crippen molar-refractivity contribution >= 4 is 11.4 Å². The lowest BCUT2D eigenvalue weighted by molar-refractivity contribution is 0.0992. The van der Waals surface area contributed by atoms with Crippen LogP contribution < -0.4 is 0 Å². The second-order valence-corrected chi connectivity index (χ2v) is 5.23. The van der Waals surface area contributed by atoms with Crippen LogP contribution in [0.3, 0.4) is 0 Å². The molecule has 0 aliphatic rings. The van der Waals surface area contributed by atoms with Gasteiger partial charge in [-0.3, -0.25) is 14.2 Å². The van der Waals surface area contributed by atoms with Crippen LogP contribution in [-0.2, 0) is 6.42 Å². The Hall–Kier alpha value is -3.21. The second kappa shape index (κ2) is 5.53. The Bertz CT molecular complexity index is 970. The number of carbonyl (C=O) groups is 1. The molecule has 0 amide bonds. The smallest absolute Gasteiger partial charge is 0.170 e. The summed E-state index contributed by atoms with van der Waals surface area (Å²) in [4.78, 5) is 20.7. The SMILES string of the molecule is O=C(Cc1ccccc1)c1coc(-c2cnc3cnccn23)c1. The van der Waals surface area contributed by atoms with Crippen LogP contribution in [0.1, 0.15) is 15.9 Å². The molecule has 0 atom stereocenters. The molecule has 0 radical (unpaired) electrons. The van der Waals surface area contributed by atoms with Crippen molar-refractivity contribution in [3.05, 3.63) is 78.6 Å². The number of nitrogens with zero attached hydrogens (tertiary/aromatic N) is 3. The van der Waals surface area contributed by atoms with E-state index in [2.05, 4.69) is 9.97 Å². The Morgan fingerprint density at radius 3 is 2.91 bits per heavy atom. The van der Waals surface area contributed by atoms with Crippen LogP contribution in [0.25, 0.3) is 17.1 Å². The number of hydrogen-bond donors (Lipinski definition) is 0. The number of aromatic nitrogens is 3. The molecule has 0 saturated carbocycles. The van der Waals surface area contributed by atoms with E-state index in [0.717, 1.165) is 16.9 Å². The highest BCUT2D eigenvalue weighted by Gasteiger charge is 2.14. The van der Waals surface area contributed by atoms with Crippen LogP contribution >= 0.6 is 0 Å². The number of ketones is 1. The first-order valence-corrected chi connectivity index (χ1v) is 7.24. The lowest BCUT2D eigenvalue weighted by Gasteiger charge is -1.98. The number of furan rings is 1. The van der Waals surface area contributed by atoms with Crippen molar-refractivity contribution in [2.24, 2.45) is 0 Å². The molecule has 4 aromatic rings. The van der Waals surface area contributed by atoms with Crippen molar-refractivity contribution in [1.29, 1.82) is 0 Å². The van der Waals surface area contributed by atoms with Crippen molar-refractivity contribution in [3.63, 3.8) is 0 Å². The van der Waals surface area contributed by atoms with Gasteiger partial charge in [0, 0.05) is 18.8 Å². The van der Waals surface area contributed by atoms with E-state index >= 15 is 0 Å². The molecule has 0 unspecified atom stereocenters. The van der Waals surface area contributed by atoms with Gasteiger partial charge in [0.15, 0.2) is 17.2 Å². The molecule has 23 heavy (non-hydrogen) atoms. The number of benzene rings is 1. The maximum absolute atomic E-state index is 12.4. The van der Waals surface area contributed by atoms with Crippen molar-refractivity contribution < 1.29 is 9.21 Å². The summed E-state index contributed by atoms with van der Waals surface area (Å²) in [7, 11) is 0. The third kappa shape index (κ3) is 2.53. The van der Waals surface area contributed by atoms with E-state index in [4.69, 9.17) is 4.42 Å². The fraction of sp³-hybridized carbons (Fsp3) is 0.0556. The van der Waals surface area contributed by atoms with E-state index in [-0.39, 0.29) is 5.78 Å². The lowest BCUT2D eigenvalue weighted by atomic mass is 10.1. The highest BCUT2D eigenvalue weighted by atomic mass is 16.3. The van der Waals surface area contributed by atoms with Gasteiger partial charge in [0.2, 0.25) is 0 Å². The summed E-state index contributed by atoms with van der Waals surface area (Å²) in [5.74, 6) is 0.641. The minimum absolute atomic E-state index is 0.0293. The Labute approximate surface area is 132 Å². The van der Waals surface area contributed by atoms with E-state index < -0.39 is 0 Å². The monoisotopic (exact) mass is 303 g/mol. The molecule has 5 nitrogen and oxygen atoms in total. The third-order valence-corrected chi connectivity index (χ3v) is 3.70. The van der Waals surface area contributed by atoms with E-state index in [1.165, 1.54) is 6.26 Å². The summed E-state index contributed by atoms with van der Waals surface area (Å²) in [6.07, 6.45) is 8.74. The van der Waals surface area contributed by atoms with Crippen LogP contribution in [-0.4, -0.2) is 20.2 Å². The molecule has 0 spiro atoms. The van der Waals surface area contributed by atoms with Gasteiger partial charge < -0.3 is 4.42 Å². The molecule has 0 N–H and O–H groups in total. The van der Waals surface area contributed by atoms with Crippen LogP contribution in [0.2, 0.25) is 0 Å². The molecule has 4 rings (SSSR count). The van der Waals surface area contributed by atoms with Crippen LogP contribution in [0.15, 0.2) is 71.9 Å². The predicted octanol–water partition coefficient (Wildman–Crippen LogP) is 3.41. The first-order chi connectivity index (χ1) is 11.3. The molecular formula is C18H13N3O2. The van der Waals surface area contributed by atoms with Crippen LogP contribution in [0, 0.1) is 0 Å². The van der Waals surface area contributed by atoms with Crippen molar-refractivity contribution in [3.8, 4) is 11.5 Å². The van der Waals surface area contributed by atoms with Gasteiger partial charge in [0.25, 0.3) is 0 Å². The minimum atomic E-state index is 0.0293. The molecule has 0 saturated heterocycles. The number of rotatable bonds is 4. The highest BCUT2D eigenvalue weighted by molar-refractivity contribution is 5.98. The molecule has 3 heterocycles. The summed E-state index contributed by atoms with van der Waals surface area (Å²) in [6.45, 7) is 0. The molecule has 0 aliphatic heterocycles. The van der Waals surface area contributed by atoms with Gasteiger partial charge >= 0.3 is 0 Å². The van der Waals surface area contributed by atoms with Crippen LogP contribution in [0.4, 0.5) is 0 Å². The van der Waals surface area contributed by atoms with Crippen molar-refractivity contribution in [2.45, 2.75) is 6.42 Å². The summed E-state index contributed by atoms with van der Waals surface area (Å²) in [6, 6.07) is 11.4. The van der Waals surface area contributed by atoms with Gasteiger partial charge in [0.05, 0.1) is 18.0 Å². The largest absolute Gasteiger partial charge is 0.462 e. The molecule has 0 aliphatic carbocycles. The van der Waals surface area contributed by atoms with Gasteiger partial charge in [-0.2, -0.15) is 0 Å². The number of Topliss-reactive ketones (excluding diaryl/α,β-unsaturated/α-hetero) is 1. The van der Waals surface area contributed by atoms with E-state index in [1.807, 2.05) is 40.9 Å². The fourth-order valence-electron chi connectivity index (χ4n) is 2.52. The summed E-state index contributed by atoms with van der Waals surface area (Å²) >= 11 is 0.